The van der Waals surface area contributed by atoms with Gasteiger partial charge < -0.3 is 15.2 Å². The van der Waals surface area contributed by atoms with E-state index in [1.54, 1.807) is 7.11 Å². The summed E-state index contributed by atoms with van der Waals surface area (Å²) >= 11 is 0. The predicted molar refractivity (Wildman–Crippen MR) is 60.4 cm³/mol. The summed E-state index contributed by atoms with van der Waals surface area (Å²) in [6, 6.07) is 5.96. The quantitative estimate of drug-likeness (QED) is 0.794. The van der Waals surface area contributed by atoms with Crippen LogP contribution < -0.4 is 10.1 Å². The van der Waals surface area contributed by atoms with Crippen LogP contribution >= 0.6 is 0 Å². The van der Waals surface area contributed by atoms with Gasteiger partial charge in [0.2, 0.25) is 0 Å². The molecule has 2 N–H and O–H groups in total. The average molecular weight is 207 g/mol. The van der Waals surface area contributed by atoms with Gasteiger partial charge in [-0.3, -0.25) is 0 Å². The SMILES string of the molecule is CCC1(CO)Cc2c(cccc2OC)N1. The summed E-state index contributed by atoms with van der Waals surface area (Å²) in [6.45, 7) is 2.24. The molecule has 3 nitrogen and oxygen atoms in total. The molecular formula is C12H17NO2. The molecule has 0 fully saturated rings. The number of methoxy groups -OCH3 is 1. The van der Waals surface area contributed by atoms with Crippen LogP contribution in [0.5, 0.6) is 5.75 Å². The van der Waals surface area contributed by atoms with E-state index in [9.17, 15) is 5.11 Å². The first-order chi connectivity index (χ1) is 7.24. The highest BCUT2D eigenvalue weighted by molar-refractivity contribution is 5.64. The molecule has 2 rings (SSSR count). The van der Waals surface area contributed by atoms with E-state index in [-0.39, 0.29) is 12.1 Å². The van der Waals surface area contributed by atoms with Crippen molar-refractivity contribution in [3.8, 4) is 5.75 Å². The number of ether oxygens (including phenoxy) is 1. The number of rotatable bonds is 3. The van der Waals surface area contributed by atoms with Crippen molar-refractivity contribution in [2.75, 3.05) is 19.0 Å². The molecule has 0 spiro atoms. The average Bonchev–Trinajstić information content (AvgIpc) is 2.68. The third-order valence-electron chi connectivity index (χ3n) is 3.25. The van der Waals surface area contributed by atoms with E-state index >= 15 is 0 Å². The molecule has 1 aliphatic heterocycles. The number of aliphatic hydroxyl groups excluding tert-OH is 1. The van der Waals surface area contributed by atoms with Crippen molar-refractivity contribution < 1.29 is 9.84 Å². The van der Waals surface area contributed by atoms with Crippen molar-refractivity contribution in [3.05, 3.63) is 23.8 Å². The number of anilines is 1. The van der Waals surface area contributed by atoms with E-state index in [4.69, 9.17) is 4.74 Å². The molecule has 0 amide bonds. The highest BCUT2D eigenvalue weighted by Gasteiger charge is 2.35. The minimum atomic E-state index is -0.197. The van der Waals surface area contributed by atoms with Gasteiger partial charge >= 0.3 is 0 Å². The van der Waals surface area contributed by atoms with Crippen molar-refractivity contribution in [2.24, 2.45) is 0 Å². The van der Waals surface area contributed by atoms with Crippen LogP contribution in [0.4, 0.5) is 5.69 Å². The topological polar surface area (TPSA) is 41.5 Å². The van der Waals surface area contributed by atoms with Crippen molar-refractivity contribution in [1.29, 1.82) is 0 Å². The third-order valence-corrected chi connectivity index (χ3v) is 3.25. The van der Waals surface area contributed by atoms with Crippen LogP contribution in [0, 0.1) is 0 Å². The molecule has 3 heteroatoms. The first kappa shape index (κ1) is 10.3. The van der Waals surface area contributed by atoms with Crippen LogP contribution in [0.15, 0.2) is 18.2 Å². The van der Waals surface area contributed by atoms with Crippen LogP contribution in [-0.2, 0) is 6.42 Å². The largest absolute Gasteiger partial charge is 0.496 e. The van der Waals surface area contributed by atoms with Crippen molar-refractivity contribution >= 4 is 5.69 Å². The summed E-state index contributed by atoms with van der Waals surface area (Å²) in [5.74, 6) is 0.906. The summed E-state index contributed by atoms with van der Waals surface area (Å²) in [6.07, 6.45) is 1.74. The summed E-state index contributed by atoms with van der Waals surface area (Å²) in [5.41, 5.74) is 2.07. The minimum Gasteiger partial charge on any atom is -0.496 e. The molecular weight excluding hydrogens is 190 g/mol. The summed E-state index contributed by atoms with van der Waals surface area (Å²) in [4.78, 5) is 0. The predicted octanol–water partition coefficient (Wildman–Crippen LogP) is 1.80. The number of hydrogen-bond acceptors (Lipinski definition) is 3. The van der Waals surface area contributed by atoms with Gasteiger partial charge in [-0.2, -0.15) is 0 Å². The van der Waals surface area contributed by atoms with Crippen molar-refractivity contribution in [3.63, 3.8) is 0 Å². The van der Waals surface area contributed by atoms with E-state index in [1.807, 2.05) is 18.2 Å². The van der Waals surface area contributed by atoms with Gasteiger partial charge in [-0.15, -0.1) is 0 Å². The highest BCUT2D eigenvalue weighted by atomic mass is 16.5. The van der Waals surface area contributed by atoms with Gasteiger partial charge in [-0.1, -0.05) is 13.0 Å². The number of benzene rings is 1. The van der Waals surface area contributed by atoms with Gasteiger partial charge in [0.15, 0.2) is 0 Å². The molecule has 1 aliphatic rings. The van der Waals surface area contributed by atoms with Crippen molar-refractivity contribution in [2.45, 2.75) is 25.3 Å². The van der Waals surface area contributed by atoms with Crippen LogP contribution in [0.3, 0.4) is 0 Å². The Morgan fingerprint density at radius 1 is 1.53 bits per heavy atom. The lowest BCUT2D eigenvalue weighted by atomic mass is 9.93. The minimum absolute atomic E-state index is 0.154. The fourth-order valence-electron chi connectivity index (χ4n) is 2.15. The zero-order valence-electron chi connectivity index (χ0n) is 9.21. The maximum Gasteiger partial charge on any atom is 0.124 e. The standard InChI is InChI=1S/C12H17NO2/c1-3-12(8-14)7-9-10(13-12)5-4-6-11(9)15-2/h4-6,13-14H,3,7-8H2,1-2H3. The van der Waals surface area contributed by atoms with E-state index in [2.05, 4.69) is 12.2 Å². The Hall–Kier alpha value is -1.22. The molecule has 0 aromatic heterocycles. The highest BCUT2D eigenvalue weighted by Crippen LogP contribution is 2.39. The van der Waals surface area contributed by atoms with Gasteiger partial charge in [0.25, 0.3) is 0 Å². The van der Waals surface area contributed by atoms with Crippen molar-refractivity contribution in [1.82, 2.24) is 0 Å². The fraction of sp³-hybridized carbons (Fsp3) is 0.500. The smallest absolute Gasteiger partial charge is 0.124 e. The normalized spacial score (nSPS) is 23.4. The number of aliphatic hydroxyl groups is 1. The van der Waals surface area contributed by atoms with Gasteiger partial charge in [-0.05, 0) is 18.6 Å². The Labute approximate surface area is 90.1 Å². The molecule has 1 aromatic carbocycles. The van der Waals surface area contributed by atoms with Gasteiger partial charge in [0, 0.05) is 17.7 Å². The molecule has 0 aliphatic carbocycles. The second kappa shape index (κ2) is 3.74. The third kappa shape index (κ3) is 1.57. The lowest BCUT2D eigenvalue weighted by molar-refractivity contribution is 0.210. The number of hydrogen-bond donors (Lipinski definition) is 2. The lowest BCUT2D eigenvalue weighted by Gasteiger charge is -2.25. The first-order valence-corrected chi connectivity index (χ1v) is 5.29. The first-order valence-electron chi connectivity index (χ1n) is 5.29. The van der Waals surface area contributed by atoms with E-state index in [0.717, 1.165) is 24.3 Å². The molecule has 0 bridgehead atoms. The molecule has 15 heavy (non-hydrogen) atoms. The molecule has 1 atom stereocenters. The summed E-state index contributed by atoms with van der Waals surface area (Å²) in [7, 11) is 1.68. The lowest BCUT2D eigenvalue weighted by Crippen LogP contribution is -2.39. The van der Waals surface area contributed by atoms with Crippen LogP contribution in [0.1, 0.15) is 18.9 Å². The molecule has 0 radical (unpaired) electrons. The molecule has 1 aromatic rings. The Morgan fingerprint density at radius 2 is 2.33 bits per heavy atom. The van der Waals surface area contributed by atoms with Gasteiger partial charge in [0.1, 0.15) is 5.75 Å². The van der Waals surface area contributed by atoms with Crippen LogP contribution in [0.25, 0.3) is 0 Å². The maximum absolute atomic E-state index is 9.45. The number of fused-ring (bicyclic) bond motifs is 1. The number of nitrogens with one attached hydrogen (secondary N) is 1. The Kier molecular flexibility index (Phi) is 2.57. The van der Waals surface area contributed by atoms with Crippen LogP contribution in [-0.4, -0.2) is 24.4 Å². The maximum atomic E-state index is 9.45. The Bertz CT molecular complexity index is 359. The second-order valence-corrected chi connectivity index (χ2v) is 4.08. The summed E-state index contributed by atoms with van der Waals surface area (Å²) in [5, 5.41) is 12.8. The van der Waals surface area contributed by atoms with E-state index in [1.165, 1.54) is 5.56 Å². The molecule has 1 heterocycles. The monoisotopic (exact) mass is 207 g/mol. The van der Waals surface area contributed by atoms with E-state index < -0.39 is 0 Å². The second-order valence-electron chi connectivity index (χ2n) is 4.08. The zero-order valence-corrected chi connectivity index (χ0v) is 9.21. The molecule has 0 saturated carbocycles. The summed E-state index contributed by atoms with van der Waals surface area (Å²) < 4.78 is 5.32. The Morgan fingerprint density at radius 3 is 2.93 bits per heavy atom. The van der Waals surface area contributed by atoms with E-state index in [0.29, 0.717) is 0 Å². The van der Waals surface area contributed by atoms with Crippen LogP contribution in [0.2, 0.25) is 0 Å². The Balaban J connectivity index is 2.37. The van der Waals surface area contributed by atoms with Gasteiger partial charge in [0.05, 0.1) is 19.3 Å². The molecule has 1 unspecified atom stereocenters. The zero-order chi connectivity index (χ0) is 10.9. The fourth-order valence-corrected chi connectivity index (χ4v) is 2.15. The van der Waals surface area contributed by atoms with Gasteiger partial charge in [-0.25, -0.2) is 0 Å². The molecule has 0 saturated heterocycles. The molecule has 82 valence electrons.